The standard InChI is InChI=1S/C10H11FN6/c1-7-14-16-10(17(7)12)15-13-6-8-2-4-9(11)5-3-8/h2-6H,12H2,1H3,(H,15,16)/b13-6-. The molecule has 0 spiro atoms. The van der Waals surface area contributed by atoms with Gasteiger partial charge in [-0.3, -0.25) is 0 Å². The molecule has 0 saturated carbocycles. The van der Waals surface area contributed by atoms with Crippen molar-refractivity contribution in [2.75, 3.05) is 11.3 Å². The van der Waals surface area contributed by atoms with E-state index in [-0.39, 0.29) is 5.82 Å². The van der Waals surface area contributed by atoms with Crippen molar-refractivity contribution < 1.29 is 4.39 Å². The van der Waals surface area contributed by atoms with Crippen LogP contribution < -0.4 is 11.3 Å². The zero-order valence-corrected chi connectivity index (χ0v) is 9.13. The number of benzene rings is 1. The first-order valence-corrected chi connectivity index (χ1v) is 4.88. The number of hydrogen-bond donors (Lipinski definition) is 2. The van der Waals surface area contributed by atoms with Gasteiger partial charge in [0.1, 0.15) is 5.82 Å². The molecule has 0 bridgehead atoms. The number of nitrogens with two attached hydrogens (primary N) is 1. The molecule has 0 aliphatic rings. The molecule has 0 fully saturated rings. The highest BCUT2D eigenvalue weighted by atomic mass is 19.1. The van der Waals surface area contributed by atoms with Crippen molar-refractivity contribution in [2.45, 2.75) is 6.92 Å². The van der Waals surface area contributed by atoms with E-state index in [0.717, 1.165) is 5.56 Å². The van der Waals surface area contributed by atoms with Gasteiger partial charge in [-0.1, -0.05) is 12.1 Å². The summed E-state index contributed by atoms with van der Waals surface area (Å²) < 4.78 is 13.9. The lowest BCUT2D eigenvalue weighted by atomic mass is 10.2. The van der Waals surface area contributed by atoms with Crippen molar-refractivity contribution in [1.29, 1.82) is 0 Å². The normalized spacial score (nSPS) is 10.9. The highest BCUT2D eigenvalue weighted by Gasteiger charge is 2.02. The van der Waals surface area contributed by atoms with Gasteiger partial charge in [0.05, 0.1) is 6.21 Å². The number of nitrogens with zero attached hydrogens (tertiary/aromatic N) is 4. The van der Waals surface area contributed by atoms with Crippen molar-refractivity contribution in [1.82, 2.24) is 14.9 Å². The zero-order valence-electron chi connectivity index (χ0n) is 9.13. The number of hydrazone groups is 1. The molecule has 6 nitrogen and oxygen atoms in total. The predicted molar refractivity (Wildman–Crippen MR) is 62.5 cm³/mol. The molecule has 0 atom stereocenters. The summed E-state index contributed by atoms with van der Waals surface area (Å²) in [4.78, 5) is 0. The fourth-order valence-electron chi connectivity index (χ4n) is 1.16. The van der Waals surface area contributed by atoms with Crippen LogP contribution in [0.5, 0.6) is 0 Å². The Labute approximate surface area is 96.9 Å². The van der Waals surface area contributed by atoms with E-state index < -0.39 is 0 Å². The van der Waals surface area contributed by atoms with Crippen molar-refractivity contribution in [3.8, 4) is 0 Å². The van der Waals surface area contributed by atoms with Gasteiger partial charge in [-0.05, 0) is 24.6 Å². The minimum Gasteiger partial charge on any atom is -0.335 e. The quantitative estimate of drug-likeness (QED) is 0.469. The molecule has 1 aromatic carbocycles. The Morgan fingerprint density at radius 3 is 2.65 bits per heavy atom. The van der Waals surface area contributed by atoms with Gasteiger partial charge in [0.15, 0.2) is 5.82 Å². The lowest BCUT2D eigenvalue weighted by Gasteiger charge is -1.99. The number of rotatable bonds is 3. The highest BCUT2D eigenvalue weighted by Crippen LogP contribution is 2.02. The summed E-state index contributed by atoms with van der Waals surface area (Å²) >= 11 is 0. The molecule has 1 aromatic heterocycles. The first-order valence-electron chi connectivity index (χ1n) is 4.88. The maximum absolute atomic E-state index is 12.6. The lowest BCUT2D eigenvalue weighted by Crippen LogP contribution is -2.13. The van der Waals surface area contributed by atoms with Crippen LogP contribution in [0.4, 0.5) is 10.3 Å². The Morgan fingerprint density at radius 2 is 2.06 bits per heavy atom. The Bertz CT molecular complexity index is 530. The molecule has 0 radical (unpaired) electrons. The van der Waals surface area contributed by atoms with E-state index in [1.165, 1.54) is 23.0 Å². The molecule has 17 heavy (non-hydrogen) atoms. The van der Waals surface area contributed by atoms with E-state index in [9.17, 15) is 4.39 Å². The molecule has 0 aliphatic carbocycles. The monoisotopic (exact) mass is 234 g/mol. The summed E-state index contributed by atoms with van der Waals surface area (Å²) in [5, 5.41) is 11.4. The smallest absolute Gasteiger partial charge is 0.263 e. The van der Waals surface area contributed by atoms with Crippen LogP contribution >= 0.6 is 0 Å². The van der Waals surface area contributed by atoms with Gasteiger partial charge in [-0.2, -0.15) is 5.10 Å². The minimum absolute atomic E-state index is 0.285. The Hall–Kier alpha value is -2.44. The molecule has 0 amide bonds. The van der Waals surface area contributed by atoms with Crippen molar-refractivity contribution >= 4 is 12.2 Å². The van der Waals surface area contributed by atoms with Crippen molar-refractivity contribution in [2.24, 2.45) is 5.10 Å². The largest absolute Gasteiger partial charge is 0.335 e. The third-order valence-corrected chi connectivity index (χ3v) is 2.11. The molecular formula is C10H11FN6. The maximum Gasteiger partial charge on any atom is 0.263 e. The van der Waals surface area contributed by atoms with Crippen LogP contribution in [0.2, 0.25) is 0 Å². The van der Waals surface area contributed by atoms with E-state index in [4.69, 9.17) is 5.84 Å². The Morgan fingerprint density at radius 1 is 1.35 bits per heavy atom. The summed E-state index contributed by atoms with van der Waals surface area (Å²) in [5.41, 5.74) is 3.40. The summed E-state index contributed by atoms with van der Waals surface area (Å²) in [7, 11) is 0. The van der Waals surface area contributed by atoms with Gasteiger partial charge in [0.25, 0.3) is 5.95 Å². The molecule has 1 heterocycles. The third kappa shape index (κ3) is 2.57. The maximum atomic E-state index is 12.6. The molecule has 0 aliphatic heterocycles. The molecular weight excluding hydrogens is 223 g/mol. The predicted octanol–water partition coefficient (Wildman–Crippen LogP) is 0.885. The summed E-state index contributed by atoms with van der Waals surface area (Å²) in [6.45, 7) is 1.72. The van der Waals surface area contributed by atoms with E-state index in [1.807, 2.05) is 0 Å². The number of nitrogens with one attached hydrogen (secondary N) is 1. The number of hydrogen-bond acceptors (Lipinski definition) is 5. The van der Waals surface area contributed by atoms with Crippen LogP contribution in [0.15, 0.2) is 29.4 Å². The van der Waals surface area contributed by atoms with Crippen LogP contribution in [-0.4, -0.2) is 21.1 Å². The number of aryl methyl sites for hydroxylation is 1. The average molecular weight is 234 g/mol. The lowest BCUT2D eigenvalue weighted by molar-refractivity contribution is 0.628. The first-order chi connectivity index (χ1) is 8.16. The van der Waals surface area contributed by atoms with Crippen LogP contribution in [0, 0.1) is 12.7 Å². The first kappa shape index (κ1) is 11.1. The van der Waals surface area contributed by atoms with Crippen LogP contribution in [0.25, 0.3) is 0 Å². The van der Waals surface area contributed by atoms with Crippen LogP contribution in [0.1, 0.15) is 11.4 Å². The topological polar surface area (TPSA) is 81.1 Å². The summed E-state index contributed by atoms with van der Waals surface area (Å²) in [6, 6.07) is 5.94. The highest BCUT2D eigenvalue weighted by molar-refractivity contribution is 5.79. The fraction of sp³-hybridized carbons (Fsp3) is 0.100. The van der Waals surface area contributed by atoms with Gasteiger partial charge in [0, 0.05) is 0 Å². The molecule has 2 aromatic rings. The van der Waals surface area contributed by atoms with Gasteiger partial charge < -0.3 is 5.84 Å². The van der Waals surface area contributed by atoms with Gasteiger partial charge in [0.2, 0.25) is 0 Å². The molecule has 0 unspecified atom stereocenters. The van der Waals surface area contributed by atoms with Crippen molar-refractivity contribution in [3.63, 3.8) is 0 Å². The molecule has 88 valence electrons. The summed E-state index contributed by atoms with van der Waals surface area (Å²) in [5.74, 6) is 6.23. The van der Waals surface area contributed by atoms with Crippen LogP contribution in [0.3, 0.4) is 0 Å². The average Bonchev–Trinajstić information content (AvgIpc) is 2.64. The molecule has 7 heteroatoms. The van der Waals surface area contributed by atoms with E-state index in [2.05, 4.69) is 20.7 Å². The van der Waals surface area contributed by atoms with Gasteiger partial charge >= 0.3 is 0 Å². The zero-order chi connectivity index (χ0) is 12.3. The SMILES string of the molecule is Cc1nnc(N/N=C\c2ccc(F)cc2)n1N. The number of anilines is 1. The Kier molecular flexibility index (Phi) is 2.99. The second kappa shape index (κ2) is 4.60. The molecule has 2 rings (SSSR count). The van der Waals surface area contributed by atoms with Crippen LogP contribution in [-0.2, 0) is 0 Å². The number of nitrogen functional groups attached to an aromatic ring is 1. The van der Waals surface area contributed by atoms with E-state index >= 15 is 0 Å². The second-order valence-electron chi connectivity index (χ2n) is 3.36. The number of aromatic nitrogens is 3. The minimum atomic E-state index is -0.285. The fourth-order valence-corrected chi connectivity index (χ4v) is 1.16. The number of halogens is 1. The van der Waals surface area contributed by atoms with Gasteiger partial charge in [-0.25, -0.2) is 14.5 Å². The summed E-state index contributed by atoms with van der Waals surface area (Å²) in [6.07, 6.45) is 1.53. The van der Waals surface area contributed by atoms with Gasteiger partial charge in [-0.15, -0.1) is 10.2 Å². The Balaban J connectivity index is 2.03. The van der Waals surface area contributed by atoms with Crippen molar-refractivity contribution in [3.05, 3.63) is 41.5 Å². The molecule has 0 saturated heterocycles. The van der Waals surface area contributed by atoms with E-state index in [1.54, 1.807) is 19.1 Å². The second-order valence-corrected chi connectivity index (χ2v) is 3.36. The third-order valence-electron chi connectivity index (χ3n) is 2.11. The van der Waals surface area contributed by atoms with E-state index in [0.29, 0.717) is 11.8 Å². The molecule has 3 N–H and O–H groups in total.